The predicted octanol–water partition coefficient (Wildman–Crippen LogP) is 2.03. The van der Waals surface area contributed by atoms with E-state index in [-0.39, 0.29) is 0 Å². The third kappa shape index (κ3) is 2.02. The van der Waals surface area contributed by atoms with Gasteiger partial charge >= 0.3 is 0 Å². The van der Waals surface area contributed by atoms with Crippen LogP contribution in [0, 0.1) is 0 Å². The largest absolute Gasteiger partial charge is 0.335 e. The van der Waals surface area contributed by atoms with Crippen LogP contribution in [-0.4, -0.2) is 15.4 Å². The van der Waals surface area contributed by atoms with Gasteiger partial charge in [-0.2, -0.15) is 0 Å². The Balaban J connectivity index is 0.000000213. The molecule has 0 spiro atoms. The molecule has 64 valence electrons. The van der Waals surface area contributed by atoms with Gasteiger partial charge in [0.2, 0.25) is 5.58 Å². The molecule has 0 aliphatic heterocycles. The molecule has 0 aliphatic rings. The lowest BCUT2D eigenvalue weighted by Crippen LogP contribution is -1.68. The van der Waals surface area contributed by atoms with Crippen molar-refractivity contribution in [3.8, 4) is 0 Å². The van der Waals surface area contributed by atoms with E-state index in [1.54, 1.807) is 18.5 Å². The number of rotatable bonds is 0. The highest BCUT2D eigenvalue weighted by atomic mass is 16.5. The maximum absolute atomic E-state index is 4.69. The molecule has 2 heterocycles. The zero-order chi connectivity index (χ0) is 8.81. The van der Waals surface area contributed by atoms with Gasteiger partial charge in [-0.15, -0.1) is 5.10 Å². The number of hydrogen-bond donors (Lipinski definition) is 0. The average molecular weight is 165 g/mol. The molecule has 12 heavy (non-hydrogen) atoms. The lowest BCUT2D eigenvalue weighted by Gasteiger charge is -1.76. The first-order chi connectivity index (χ1) is 5.88. The summed E-state index contributed by atoms with van der Waals surface area (Å²) in [6.07, 6.45) is 4.47. The fourth-order valence-electron chi connectivity index (χ4n) is 0.634. The highest BCUT2D eigenvalue weighted by Gasteiger charge is 1.94. The highest BCUT2D eigenvalue weighted by molar-refractivity contribution is 5.69. The van der Waals surface area contributed by atoms with Gasteiger partial charge in [-0.05, 0) is 6.07 Å². The number of fused-ring (bicyclic) bond motifs is 1. The lowest BCUT2D eigenvalue weighted by atomic mass is 10.4. The Labute approximate surface area is 70.6 Å². The predicted molar refractivity (Wildman–Crippen MR) is 45.6 cm³/mol. The van der Waals surface area contributed by atoms with Gasteiger partial charge in [0, 0.05) is 11.5 Å². The van der Waals surface area contributed by atoms with Crippen molar-refractivity contribution in [2.24, 2.45) is 0 Å². The third-order valence-corrected chi connectivity index (χ3v) is 1.05. The van der Waals surface area contributed by atoms with Crippen molar-refractivity contribution in [2.45, 2.75) is 20.3 Å². The lowest BCUT2D eigenvalue weighted by molar-refractivity contribution is 0.423. The molecular weight excluding hydrogens is 154 g/mol. The van der Waals surface area contributed by atoms with Crippen LogP contribution in [-0.2, 0) is 0 Å². The highest BCUT2D eigenvalue weighted by Crippen LogP contribution is 2.04. The molecule has 2 aromatic rings. The third-order valence-electron chi connectivity index (χ3n) is 1.05. The number of hydrogen-bond acceptors (Lipinski definition) is 4. The van der Waals surface area contributed by atoms with Crippen LogP contribution in [0.3, 0.4) is 0 Å². The minimum atomic E-state index is 0.623. The Kier molecular flexibility index (Phi) is 3.19. The van der Waals surface area contributed by atoms with Gasteiger partial charge in [0.05, 0.1) is 6.20 Å². The Morgan fingerprint density at radius 3 is 2.83 bits per heavy atom. The van der Waals surface area contributed by atoms with E-state index in [9.17, 15) is 0 Å². The van der Waals surface area contributed by atoms with Gasteiger partial charge in [0.1, 0.15) is 5.52 Å². The van der Waals surface area contributed by atoms with E-state index in [0.717, 1.165) is 5.52 Å². The number of pyridine rings is 1. The average Bonchev–Trinajstić information content (AvgIpc) is 2.52. The Hall–Kier alpha value is -1.45. The van der Waals surface area contributed by atoms with E-state index in [4.69, 9.17) is 4.52 Å². The van der Waals surface area contributed by atoms with Crippen molar-refractivity contribution in [1.29, 1.82) is 0 Å². The second-order valence-electron chi connectivity index (χ2n) is 2.32. The fraction of sp³-hybridized carbons (Fsp3) is 0.375. The van der Waals surface area contributed by atoms with Crippen LogP contribution in [0.4, 0.5) is 0 Å². The van der Waals surface area contributed by atoms with Gasteiger partial charge in [0.25, 0.3) is 0 Å². The quantitative estimate of drug-likeness (QED) is 0.599. The topological polar surface area (TPSA) is 51.8 Å². The normalized spacial score (nSPS) is 9.17. The summed E-state index contributed by atoms with van der Waals surface area (Å²) in [7, 11) is 0. The molecule has 0 radical (unpaired) electrons. The maximum Gasteiger partial charge on any atom is 0.205 e. The van der Waals surface area contributed by atoms with Crippen molar-refractivity contribution < 1.29 is 4.52 Å². The van der Waals surface area contributed by atoms with Gasteiger partial charge in [-0.1, -0.05) is 20.3 Å². The number of aromatic nitrogens is 3. The molecule has 0 amide bonds. The fourth-order valence-corrected chi connectivity index (χ4v) is 0.634. The van der Waals surface area contributed by atoms with Gasteiger partial charge < -0.3 is 4.52 Å². The van der Waals surface area contributed by atoms with Gasteiger partial charge in [-0.3, -0.25) is 4.98 Å². The molecule has 4 nitrogen and oxygen atoms in total. The Morgan fingerprint density at radius 1 is 1.42 bits per heavy atom. The molecule has 0 saturated carbocycles. The maximum atomic E-state index is 4.69. The van der Waals surface area contributed by atoms with E-state index in [2.05, 4.69) is 29.2 Å². The number of nitrogens with zero attached hydrogens (tertiary/aromatic N) is 3. The molecular formula is C8H11N3O. The van der Waals surface area contributed by atoms with Crippen LogP contribution in [0.5, 0.6) is 0 Å². The summed E-state index contributed by atoms with van der Waals surface area (Å²) in [6.45, 7) is 4.25. The molecule has 2 rings (SSSR count). The summed E-state index contributed by atoms with van der Waals surface area (Å²) < 4.78 is 4.69. The summed E-state index contributed by atoms with van der Waals surface area (Å²) in [4.78, 5) is 3.81. The van der Waals surface area contributed by atoms with Crippen LogP contribution in [0.15, 0.2) is 23.0 Å². The first-order valence-electron chi connectivity index (χ1n) is 3.90. The monoisotopic (exact) mass is 165 g/mol. The SMILES string of the molecule is CCC.c1cc2nnoc2cn1. The smallest absolute Gasteiger partial charge is 0.205 e. The second-order valence-corrected chi connectivity index (χ2v) is 2.32. The van der Waals surface area contributed by atoms with E-state index in [0.29, 0.717) is 5.58 Å². The van der Waals surface area contributed by atoms with Gasteiger partial charge in [0.15, 0.2) is 0 Å². The zero-order valence-corrected chi connectivity index (χ0v) is 7.19. The minimum Gasteiger partial charge on any atom is -0.335 e. The summed E-state index contributed by atoms with van der Waals surface area (Å²) in [6, 6.07) is 1.74. The molecule has 0 unspecified atom stereocenters. The zero-order valence-electron chi connectivity index (χ0n) is 7.19. The van der Waals surface area contributed by atoms with E-state index < -0.39 is 0 Å². The van der Waals surface area contributed by atoms with Crippen molar-refractivity contribution in [1.82, 2.24) is 15.4 Å². The van der Waals surface area contributed by atoms with E-state index in [1.165, 1.54) is 6.42 Å². The van der Waals surface area contributed by atoms with E-state index in [1.807, 2.05) is 0 Å². The van der Waals surface area contributed by atoms with Crippen LogP contribution in [0.25, 0.3) is 11.1 Å². The van der Waals surface area contributed by atoms with Crippen molar-refractivity contribution in [2.75, 3.05) is 0 Å². The molecule has 0 N–H and O–H groups in total. The summed E-state index contributed by atoms with van der Waals surface area (Å²) in [5.74, 6) is 0. The molecule has 0 aliphatic carbocycles. The van der Waals surface area contributed by atoms with Crippen LogP contribution in [0.2, 0.25) is 0 Å². The summed E-state index contributed by atoms with van der Waals surface area (Å²) in [5, 5.41) is 7.00. The molecule has 4 heteroatoms. The summed E-state index contributed by atoms with van der Waals surface area (Å²) in [5.41, 5.74) is 1.36. The standard InChI is InChI=1S/C5H3N3O.C3H8/c1-2-6-3-5-4(1)7-8-9-5;1-3-2/h1-3H;3H2,1-2H3. The van der Waals surface area contributed by atoms with Crippen LogP contribution < -0.4 is 0 Å². The Morgan fingerprint density at radius 2 is 2.17 bits per heavy atom. The van der Waals surface area contributed by atoms with E-state index >= 15 is 0 Å². The minimum absolute atomic E-state index is 0.623. The van der Waals surface area contributed by atoms with Crippen LogP contribution >= 0.6 is 0 Å². The van der Waals surface area contributed by atoms with Crippen LogP contribution in [0.1, 0.15) is 20.3 Å². The van der Waals surface area contributed by atoms with Gasteiger partial charge in [-0.25, -0.2) is 0 Å². The van der Waals surface area contributed by atoms with Crippen molar-refractivity contribution in [3.05, 3.63) is 18.5 Å². The molecule has 0 bridgehead atoms. The molecule has 0 fully saturated rings. The second kappa shape index (κ2) is 4.43. The molecule has 0 saturated heterocycles. The summed E-state index contributed by atoms with van der Waals surface area (Å²) >= 11 is 0. The van der Waals surface area contributed by atoms with Crippen molar-refractivity contribution >= 4 is 11.1 Å². The first-order valence-corrected chi connectivity index (χ1v) is 3.90. The molecule has 0 aromatic carbocycles. The molecule has 0 atom stereocenters. The first kappa shape index (κ1) is 8.64. The van der Waals surface area contributed by atoms with Crippen molar-refractivity contribution in [3.63, 3.8) is 0 Å². The molecule has 2 aromatic heterocycles. The Bertz CT molecular complexity index is 301.